The molecule has 6 nitrogen and oxygen atoms in total. The van der Waals surface area contributed by atoms with Gasteiger partial charge in [-0.3, -0.25) is 4.79 Å². The zero-order valence-electron chi connectivity index (χ0n) is 14.4. The monoisotopic (exact) mass is 365 g/mol. The molecular weight excluding hydrogens is 349 g/mol. The molecule has 3 aromatic rings. The highest BCUT2D eigenvalue weighted by molar-refractivity contribution is 6.02. The molecule has 0 radical (unpaired) electrons. The van der Waals surface area contributed by atoms with Crippen molar-refractivity contribution in [2.45, 2.75) is 0 Å². The fraction of sp³-hybridized carbons (Fsp3) is 0.0500. The van der Waals surface area contributed by atoms with Crippen molar-refractivity contribution in [1.29, 1.82) is 0 Å². The number of ether oxygens (including phenoxy) is 1. The molecule has 2 N–H and O–H groups in total. The van der Waals surface area contributed by atoms with E-state index in [1.165, 1.54) is 37.6 Å². The molecule has 0 aliphatic heterocycles. The smallest absolute Gasteiger partial charge is 0.337 e. The summed E-state index contributed by atoms with van der Waals surface area (Å²) < 4.78 is 17.5. The van der Waals surface area contributed by atoms with E-state index in [-0.39, 0.29) is 11.5 Å². The fourth-order valence-corrected chi connectivity index (χ4v) is 2.30. The number of methoxy groups -OCH3 is 1. The molecule has 3 rings (SSSR count). The van der Waals surface area contributed by atoms with Crippen LogP contribution in [-0.2, 0) is 4.74 Å². The van der Waals surface area contributed by atoms with Gasteiger partial charge < -0.3 is 15.4 Å². The second-order valence-electron chi connectivity index (χ2n) is 5.59. The van der Waals surface area contributed by atoms with Crippen molar-refractivity contribution in [1.82, 2.24) is 4.98 Å². The second-order valence-corrected chi connectivity index (χ2v) is 5.59. The quantitative estimate of drug-likeness (QED) is 0.668. The van der Waals surface area contributed by atoms with Gasteiger partial charge in [-0.05, 0) is 60.7 Å². The summed E-state index contributed by atoms with van der Waals surface area (Å²) >= 11 is 0. The molecular formula is C20H16FN3O3. The van der Waals surface area contributed by atoms with E-state index in [2.05, 4.69) is 20.4 Å². The molecule has 0 fully saturated rings. The maximum atomic E-state index is 12.9. The van der Waals surface area contributed by atoms with Crippen LogP contribution in [0.25, 0.3) is 0 Å². The summed E-state index contributed by atoms with van der Waals surface area (Å²) in [6.45, 7) is 0. The molecule has 0 saturated carbocycles. The standard InChI is InChI=1S/C20H16FN3O3/c1-27-20(26)13-2-6-15(7-3-13)23-17-10-11-18(22-12-17)19(25)24-16-8-4-14(21)5-9-16/h2-12,23H,1H3,(H,24,25). The Morgan fingerprint density at radius 2 is 1.52 bits per heavy atom. The minimum atomic E-state index is -0.403. The van der Waals surface area contributed by atoms with E-state index in [0.29, 0.717) is 16.9 Å². The van der Waals surface area contributed by atoms with Crippen molar-refractivity contribution in [2.24, 2.45) is 0 Å². The minimum Gasteiger partial charge on any atom is -0.465 e. The number of nitrogens with one attached hydrogen (secondary N) is 2. The molecule has 0 saturated heterocycles. The van der Waals surface area contributed by atoms with Gasteiger partial charge in [0, 0.05) is 11.4 Å². The number of nitrogens with zero attached hydrogens (tertiary/aromatic N) is 1. The largest absolute Gasteiger partial charge is 0.465 e. The van der Waals surface area contributed by atoms with Crippen LogP contribution in [0.4, 0.5) is 21.5 Å². The van der Waals surface area contributed by atoms with Crippen molar-refractivity contribution in [3.05, 3.63) is 83.9 Å². The van der Waals surface area contributed by atoms with Crippen LogP contribution in [0.5, 0.6) is 0 Å². The Bertz CT molecular complexity index is 940. The summed E-state index contributed by atoms with van der Waals surface area (Å²) in [5.41, 5.74) is 2.60. The molecule has 1 heterocycles. The first-order valence-corrected chi connectivity index (χ1v) is 8.03. The van der Waals surface area contributed by atoms with Crippen molar-refractivity contribution in [2.75, 3.05) is 17.7 Å². The predicted octanol–water partition coefficient (Wildman–Crippen LogP) is 4.00. The Labute approximate surface area is 155 Å². The first-order chi connectivity index (χ1) is 13.0. The SMILES string of the molecule is COC(=O)c1ccc(Nc2ccc(C(=O)Nc3ccc(F)cc3)nc2)cc1. The minimum absolute atomic E-state index is 0.228. The zero-order valence-corrected chi connectivity index (χ0v) is 14.4. The van der Waals surface area contributed by atoms with Gasteiger partial charge in [0.2, 0.25) is 0 Å². The summed E-state index contributed by atoms with van der Waals surface area (Å²) in [6.07, 6.45) is 1.52. The highest BCUT2D eigenvalue weighted by atomic mass is 19.1. The number of benzene rings is 2. The normalized spacial score (nSPS) is 10.1. The Kier molecular flexibility index (Phi) is 5.41. The van der Waals surface area contributed by atoms with Crippen molar-refractivity contribution in [3.8, 4) is 0 Å². The number of halogens is 1. The number of hydrogen-bond acceptors (Lipinski definition) is 5. The van der Waals surface area contributed by atoms with Gasteiger partial charge in [-0.25, -0.2) is 14.2 Å². The number of carbonyl (C=O) groups is 2. The number of aromatic nitrogens is 1. The van der Waals surface area contributed by atoms with Gasteiger partial charge in [-0.2, -0.15) is 0 Å². The van der Waals surface area contributed by atoms with Gasteiger partial charge in [-0.1, -0.05) is 0 Å². The number of anilines is 3. The van der Waals surface area contributed by atoms with Crippen LogP contribution in [0.2, 0.25) is 0 Å². The molecule has 0 bridgehead atoms. The van der Waals surface area contributed by atoms with Crippen LogP contribution in [0, 0.1) is 5.82 Å². The van der Waals surface area contributed by atoms with Crippen LogP contribution >= 0.6 is 0 Å². The Morgan fingerprint density at radius 1 is 0.889 bits per heavy atom. The molecule has 0 atom stereocenters. The lowest BCUT2D eigenvalue weighted by molar-refractivity contribution is 0.0600. The molecule has 1 aromatic heterocycles. The fourth-order valence-electron chi connectivity index (χ4n) is 2.30. The van der Waals surface area contributed by atoms with E-state index in [1.807, 2.05) is 0 Å². The molecule has 0 aliphatic rings. The molecule has 7 heteroatoms. The van der Waals surface area contributed by atoms with Gasteiger partial charge in [0.1, 0.15) is 11.5 Å². The summed E-state index contributed by atoms with van der Waals surface area (Å²) in [5.74, 6) is -1.17. The Balaban J connectivity index is 1.63. The van der Waals surface area contributed by atoms with Crippen LogP contribution in [0.3, 0.4) is 0 Å². The number of hydrogen-bond donors (Lipinski definition) is 2. The molecule has 0 aliphatic carbocycles. The third-order valence-electron chi connectivity index (χ3n) is 3.69. The third kappa shape index (κ3) is 4.66. The van der Waals surface area contributed by atoms with Gasteiger partial charge >= 0.3 is 5.97 Å². The van der Waals surface area contributed by atoms with Crippen LogP contribution in [0.15, 0.2) is 66.9 Å². The number of carbonyl (C=O) groups excluding carboxylic acids is 2. The van der Waals surface area contributed by atoms with Crippen LogP contribution < -0.4 is 10.6 Å². The first-order valence-electron chi connectivity index (χ1n) is 8.03. The zero-order chi connectivity index (χ0) is 19.2. The number of esters is 1. The lowest BCUT2D eigenvalue weighted by Gasteiger charge is -2.08. The highest BCUT2D eigenvalue weighted by Crippen LogP contribution is 2.17. The third-order valence-corrected chi connectivity index (χ3v) is 3.69. The van der Waals surface area contributed by atoms with Gasteiger partial charge in [0.15, 0.2) is 0 Å². The summed E-state index contributed by atoms with van der Waals surface area (Å²) in [7, 11) is 1.33. The van der Waals surface area contributed by atoms with Gasteiger partial charge in [0.25, 0.3) is 5.91 Å². The lowest BCUT2D eigenvalue weighted by atomic mass is 10.2. The maximum Gasteiger partial charge on any atom is 0.337 e. The molecule has 0 spiro atoms. The second kappa shape index (κ2) is 8.09. The number of rotatable bonds is 5. The average Bonchev–Trinajstić information content (AvgIpc) is 2.70. The molecule has 1 amide bonds. The van der Waals surface area contributed by atoms with E-state index in [4.69, 9.17) is 0 Å². The number of amides is 1. The topological polar surface area (TPSA) is 80.3 Å². The predicted molar refractivity (Wildman–Crippen MR) is 99.7 cm³/mol. The average molecular weight is 365 g/mol. The van der Waals surface area contributed by atoms with Crippen molar-refractivity contribution in [3.63, 3.8) is 0 Å². The van der Waals surface area contributed by atoms with E-state index in [1.54, 1.807) is 36.4 Å². The molecule has 136 valence electrons. The highest BCUT2D eigenvalue weighted by Gasteiger charge is 2.08. The first kappa shape index (κ1) is 18.1. The summed E-state index contributed by atoms with van der Waals surface area (Å²) in [6, 6.07) is 15.5. The van der Waals surface area contributed by atoms with Gasteiger partial charge in [-0.15, -0.1) is 0 Å². The van der Waals surface area contributed by atoms with Crippen LogP contribution in [-0.4, -0.2) is 24.0 Å². The molecule has 0 unspecified atom stereocenters. The van der Waals surface area contributed by atoms with Crippen molar-refractivity contribution >= 4 is 28.9 Å². The van der Waals surface area contributed by atoms with Gasteiger partial charge in [0.05, 0.1) is 24.6 Å². The molecule has 27 heavy (non-hydrogen) atoms. The summed E-state index contributed by atoms with van der Waals surface area (Å²) in [4.78, 5) is 27.7. The van der Waals surface area contributed by atoms with E-state index < -0.39 is 11.9 Å². The van der Waals surface area contributed by atoms with Crippen LogP contribution in [0.1, 0.15) is 20.8 Å². The Hall–Kier alpha value is -3.74. The number of pyridine rings is 1. The van der Waals surface area contributed by atoms with E-state index >= 15 is 0 Å². The molecule has 2 aromatic carbocycles. The van der Waals surface area contributed by atoms with E-state index in [0.717, 1.165) is 5.69 Å². The Morgan fingerprint density at radius 3 is 2.11 bits per heavy atom. The maximum absolute atomic E-state index is 12.9. The lowest BCUT2D eigenvalue weighted by Crippen LogP contribution is -2.13. The van der Waals surface area contributed by atoms with E-state index in [9.17, 15) is 14.0 Å². The van der Waals surface area contributed by atoms with Crippen molar-refractivity contribution < 1.29 is 18.7 Å². The summed E-state index contributed by atoms with van der Waals surface area (Å²) in [5, 5.41) is 5.77.